The Kier molecular flexibility index (Phi) is 3.83. The Morgan fingerprint density at radius 1 is 1.33 bits per heavy atom. The lowest BCUT2D eigenvalue weighted by molar-refractivity contribution is -0.130. The number of aromatic nitrogens is 2. The zero-order valence-corrected chi connectivity index (χ0v) is 14.5. The predicted octanol–water partition coefficient (Wildman–Crippen LogP) is 2.31. The van der Waals surface area contributed by atoms with Gasteiger partial charge in [-0.15, -0.1) is 0 Å². The van der Waals surface area contributed by atoms with Gasteiger partial charge in [-0.05, 0) is 55.7 Å². The first-order valence-electron chi connectivity index (χ1n) is 9.01. The third-order valence-corrected chi connectivity index (χ3v) is 5.80. The molecule has 1 saturated heterocycles. The largest absolute Gasteiger partial charge is 0.342 e. The molecule has 128 valence electrons. The van der Waals surface area contributed by atoms with Crippen molar-refractivity contribution < 1.29 is 4.79 Å². The van der Waals surface area contributed by atoms with Crippen LogP contribution in [0.1, 0.15) is 36.2 Å². The van der Waals surface area contributed by atoms with Gasteiger partial charge in [0.25, 0.3) is 0 Å². The van der Waals surface area contributed by atoms with E-state index >= 15 is 0 Å². The summed E-state index contributed by atoms with van der Waals surface area (Å²) in [6.07, 6.45) is 3.74. The highest BCUT2D eigenvalue weighted by atomic mass is 16.2. The van der Waals surface area contributed by atoms with E-state index in [1.165, 1.54) is 24.0 Å². The van der Waals surface area contributed by atoms with Gasteiger partial charge in [-0.25, -0.2) is 4.98 Å². The maximum atomic E-state index is 12.5. The van der Waals surface area contributed by atoms with Crippen LogP contribution in [-0.4, -0.2) is 39.9 Å². The number of rotatable bonds is 4. The molecular weight excluding hydrogens is 300 g/mol. The summed E-state index contributed by atoms with van der Waals surface area (Å²) < 4.78 is 0. The van der Waals surface area contributed by atoms with E-state index in [4.69, 9.17) is 5.73 Å². The topological polar surface area (TPSA) is 75.0 Å². The molecule has 5 nitrogen and oxygen atoms in total. The Hall–Kier alpha value is -1.88. The number of imidazole rings is 1. The summed E-state index contributed by atoms with van der Waals surface area (Å²) in [5.41, 5.74) is 10.8. The Morgan fingerprint density at radius 2 is 2.12 bits per heavy atom. The summed E-state index contributed by atoms with van der Waals surface area (Å²) in [7, 11) is 0. The Balaban J connectivity index is 1.40. The van der Waals surface area contributed by atoms with Gasteiger partial charge in [-0.1, -0.05) is 6.07 Å². The van der Waals surface area contributed by atoms with Crippen molar-refractivity contribution in [1.82, 2.24) is 14.9 Å². The molecule has 1 amide bonds. The van der Waals surface area contributed by atoms with Crippen LogP contribution in [0.15, 0.2) is 12.1 Å². The summed E-state index contributed by atoms with van der Waals surface area (Å²) in [4.78, 5) is 22.5. The molecule has 2 heterocycles. The van der Waals surface area contributed by atoms with Gasteiger partial charge in [0, 0.05) is 32.0 Å². The lowest BCUT2D eigenvalue weighted by Gasteiger charge is -2.15. The number of H-pyrrole nitrogens is 1. The summed E-state index contributed by atoms with van der Waals surface area (Å²) in [6, 6.07) is 4.34. The van der Waals surface area contributed by atoms with Gasteiger partial charge in [-0.2, -0.15) is 0 Å². The van der Waals surface area contributed by atoms with Crippen LogP contribution in [0.5, 0.6) is 0 Å². The third kappa shape index (κ3) is 2.81. The van der Waals surface area contributed by atoms with Crippen molar-refractivity contribution in [3.05, 3.63) is 29.1 Å². The predicted molar refractivity (Wildman–Crippen MR) is 94.7 cm³/mol. The highest BCUT2D eigenvalue weighted by Crippen LogP contribution is 2.40. The number of nitrogens with one attached hydrogen (secondary N) is 1. The second-order valence-electron chi connectivity index (χ2n) is 7.55. The molecule has 2 fully saturated rings. The van der Waals surface area contributed by atoms with E-state index in [1.54, 1.807) is 0 Å². The number of fused-ring (bicyclic) bond motifs is 1. The van der Waals surface area contributed by atoms with Crippen molar-refractivity contribution in [2.45, 2.75) is 45.6 Å². The van der Waals surface area contributed by atoms with E-state index in [-0.39, 0.29) is 11.9 Å². The molecule has 0 spiro atoms. The highest BCUT2D eigenvalue weighted by molar-refractivity contribution is 5.80. The number of hydrogen-bond acceptors (Lipinski definition) is 3. The lowest BCUT2D eigenvalue weighted by Crippen LogP contribution is -2.32. The van der Waals surface area contributed by atoms with E-state index in [0.717, 1.165) is 35.9 Å². The summed E-state index contributed by atoms with van der Waals surface area (Å²) >= 11 is 0. The minimum atomic E-state index is 0.165. The second-order valence-corrected chi connectivity index (χ2v) is 7.55. The number of hydrogen-bond donors (Lipinski definition) is 2. The van der Waals surface area contributed by atoms with Gasteiger partial charge < -0.3 is 15.6 Å². The molecule has 1 aromatic carbocycles. The number of aryl methyl sites for hydroxylation is 3. The molecular formula is C19H26N4O. The summed E-state index contributed by atoms with van der Waals surface area (Å²) in [5, 5.41) is 0. The minimum Gasteiger partial charge on any atom is -0.342 e. The van der Waals surface area contributed by atoms with Crippen molar-refractivity contribution in [3.63, 3.8) is 0 Å². The third-order valence-electron chi connectivity index (χ3n) is 5.80. The first kappa shape index (κ1) is 15.6. The Labute approximate surface area is 142 Å². The van der Waals surface area contributed by atoms with E-state index in [1.807, 2.05) is 4.90 Å². The van der Waals surface area contributed by atoms with Crippen molar-refractivity contribution >= 4 is 16.9 Å². The number of aromatic amines is 1. The van der Waals surface area contributed by atoms with E-state index in [2.05, 4.69) is 35.9 Å². The van der Waals surface area contributed by atoms with Gasteiger partial charge in [-0.3, -0.25) is 4.79 Å². The average molecular weight is 326 g/mol. The molecule has 2 aromatic rings. The van der Waals surface area contributed by atoms with Crippen LogP contribution in [0.4, 0.5) is 0 Å². The van der Waals surface area contributed by atoms with Crippen LogP contribution >= 0.6 is 0 Å². The number of benzene rings is 1. The molecule has 1 aliphatic heterocycles. The lowest BCUT2D eigenvalue weighted by atomic mass is 9.99. The van der Waals surface area contributed by atoms with Gasteiger partial charge in [0.1, 0.15) is 5.82 Å². The van der Waals surface area contributed by atoms with Gasteiger partial charge in [0.15, 0.2) is 0 Å². The monoisotopic (exact) mass is 326 g/mol. The number of amides is 1. The molecule has 0 unspecified atom stereocenters. The fourth-order valence-electron chi connectivity index (χ4n) is 3.95. The van der Waals surface area contributed by atoms with Crippen LogP contribution in [0.25, 0.3) is 11.0 Å². The molecule has 5 heteroatoms. The smallest absolute Gasteiger partial charge is 0.223 e. The molecule has 2 aliphatic rings. The Bertz CT molecular complexity index is 777. The molecule has 2 atom stereocenters. The van der Waals surface area contributed by atoms with Crippen LogP contribution in [0.2, 0.25) is 0 Å². The zero-order chi connectivity index (χ0) is 16.8. The molecule has 1 aromatic heterocycles. The maximum Gasteiger partial charge on any atom is 0.223 e. The number of nitrogens with zero attached hydrogens (tertiary/aromatic N) is 2. The van der Waals surface area contributed by atoms with Crippen molar-refractivity contribution in [3.8, 4) is 0 Å². The average Bonchev–Trinajstić information content (AvgIpc) is 3.20. The molecule has 3 N–H and O–H groups in total. The van der Waals surface area contributed by atoms with Crippen LogP contribution in [-0.2, 0) is 11.2 Å². The quantitative estimate of drug-likeness (QED) is 0.905. The summed E-state index contributed by atoms with van der Waals surface area (Å²) in [5.74, 6) is 2.39. The van der Waals surface area contributed by atoms with Crippen molar-refractivity contribution in [2.24, 2.45) is 17.6 Å². The van der Waals surface area contributed by atoms with Gasteiger partial charge >= 0.3 is 0 Å². The van der Waals surface area contributed by atoms with Crippen molar-refractivity contribution in [1.29, 1.82) is 0 Å². The fraction of sp³-hybridized carbons (Fsp3) is 0.579. The van der Waals surface area contributed by atoms with Crippen LogP contribution in [0, 0.1) is 25.7 Å². The molecule has 4 rings (SSSR count). The summed E-state index contributed by atoms with van der Waals surface area (Å²) in [6.45, 7) is 5.76. The zero-order valence-electron chi connectivity index (χ0n) is 14.5. The molecule has 0 radical (unpaired) electrons. The first-order chi connectivity index (χ1) is 11.5. The van der Waals surface area contributed by atoms with Crippen LogP contribution < -0.4 is 5.73 Å². The SMILES string of the molecule is Cc1ccc2[nH]c(CCC(=O)N3C[C@H](C4CC4)[C@@H](N)C3)nc2c1C. The highest BCUT2D eigenvalue weighted by Gasteiger charge is 2.41. The van der Waals surface area contributed by atoms with Crippen LogP contribution in [0.3, 0.4) is 0 Å². The number of likely N-dealkylation sites (tertiary alicyclic amines) is 1. The van der Waals surface area contributed by atoms with Crippen molar-refractivity contribution in [2.75, 3.05) is 13.1 Å². The standard InChI is InChI=1S/C19H26N4O/c1-11-3-6-16-19(12(11)2)22-17(21-16)7-8-18(24)23-9-14(13-4-5-13)15(20)10-23/h3,6,13-15H,4-5,7-10,20H2,1-2H3,(H,21,22)/t14-,15+/m1/s1. The Morgan fingerprint density at radius 3 is 2.88 bits per heavy atom. The number of carbonyl (C=O) groups excluding carboxylic acids is 1. The minimum absolute atomic E-state index is 0.165. The molecule has 0 bridgehead atoms. The number of carbonyl (C=O) groups is 1. The molecule has 1 saturated carbocycles. The normalized spacial score (nSPS) is 24.0. The first-order valence-corrected chi connectivity index (χ1v) is 9.01. The van der Waals surface area contributed by atoms with E-state index in [9.17, 15) is 4.79 Å². The fourth-order valence-corrected chi connectivity index (χ4v) is 3.95. The van der Waals surface area contributed by atoms with E-state index < -0.39 is 0 Å². The molecule has 1 aliphatic carbocycles. The van der Waals surface area contributed by atoms with Gasteiger partial charge in [0.05, 0.1) is 11.0 Å². The maximum absolute atomic E-state index is 12.5. The second kappa shape index (κ2) is 5.88. The van der Waals surface area contributed by atoms with E-state index in [0.29, 0.717) is 18.8 Å². The van der Waals surface area contributed by atoms with Gasteiger partial charge in [0.2, 0.25) is 5.91 Å². The number of nitrogens with two attached hydrogens (primary N) is 1. The molecule has 24 heavy (non-hydrogen) atoms.